The van der Waals surface area contributed by atoms with E-state index in [-0.39, 0.29) is 36.3 Å². The zero-order valence-corrected chi connectivity index (χ0v) is 12.6. The first-order chi connectivity index (χ1) is 8.58. The lowest BCUT2D eigenvalue weighted by Gasteiger charge is -2.23. The minimum Gasteiger partial charge on any atom is -0.354 e. The van der Waals surface area contributed by atoms with Crippen molar-refractivity contribution in [2.24, 2.45) is 0 Å². The zero-order chi connectivity index (χ0) is 13.4. The van der Waals surface area contributed by atoms with Crippen molar-refractivity contribution in [2.75, 3.05) is 13.1 Å². The fourth-order valence-electron chi connectivity index (χ4n) is 2.08. The number of hydrogen-bond acceptors (Lipinski definition) is 3. The molecule has 1 heterocycles. The second-order valence-corrected chi connectivity index (χ2v) is 5.19. The van der Waals surface area contributed by atoms with E-state index in [0.29, 0.717) is 19.3 Å². The molecule has 19 heavy (non-hydrogen) atoms. The highest BCUT2D eigenvalue weighted by molar-refractivity contribution is 5.85. The Balaban J connectivity index is 0.00000324. The molecule has 0 aromatic heterocycles. The number of halogens is 1. The van der Waals surface area contributed by atoms with Crippen LogP contribution >= 0.6 is 12.4 Å². The zero-order valence-electron chi connectivity index (χ0n) is 11.8. The summed E-state index contributed by atoms with van der Waals surface area (Å²) in [6, 6.07) is 0.426. The van der Waals surface area contributed by atoms with Crippen molar-refractivity contribution in [3.63, 3.8) is 0 Å². The van der Waals surface area contributed by atoms with Crippen LogP contribution in [0.15, 0.2) is 0 Å². The van der Waals surface area contributed by atoms with Gasteiger partial charge in [-0.1, -0.05) is 0 Å². The van der Waals surface area contributed by atoms with E-state index >= 15 is 0 Å². The van der Waals surface area contributed by atoms with E-state index < -0.39 is 0 Å². The van der Waals surface area contributed by atoms with Crippen LogP contribution in [0.25, 0.3) is 0 Å². The van der Waals surface area contributed by atoms with Crippen molar-refractivity contribution in [3.05, 3.63) is 0 Å². The minimum atomic E-state index is 0. The maximum atomic E-state index is 11.6. The second kappa shape index (κ2) is 10.0. The maximum Gasteiger partial charge on any atom is 0.220 e. The molecule has 1 aliphatic heterocycles. The van der Waals surface area contributed by atoms with Crippen molar-refractivity contribution < 1.29 is 9.59 Å². The smallest absolute Gasteiger partial charge is 0.220 e. The SMILES string of the molecule is CC(C)NC(=O)CCCC(=O)NC1CCCNC1.Cl. The fourth-order valence-corrected chi connectivity index (χ4v) is 2.08. The van der Waals surface area contributed by atoms with E-state index in [2.05, 4.69) is 16.0 Å². The predicted octanol–water partition coefficient (Wildman–Crippen LogP) is 0.971. The highest BCUT2D eigenvalue weighted by Crippen LogP contribution is 2.03. The van der Waals surface area contributed by atoms with E-state index in [1.54, 1.807) is 0 Å². The molecule has 112 valence electrons. The topological polar surface area (TPSA) is 70.2 Å². The van der Waals surface area contributed by atoms with Crippen LogP contribution in [0, 0.1) is 0 Å². The van der Waals surface area contributed by atoms with Gasteiger partial charge >= 0.3 is 0 Å². The molecule has 0 bridgehead atoms. The molecular weight excluding hydrogens is 266 g/mol. The summed E-state index contributed by atoms with van der Waals surface area (Å²) in [5.41, 5.74) is 0. The molecule has 1 unspecified atom stereocenters. The molecule has 1 aliphatic rings. The molecule has 1 atom stereocenters. The lowest BCUT2D eigenvalue weighted by Crippen LogP contribution is -2.45. The Morgan fingerprint density at radius 2 is 1.95 bits per heavy atom. The van der Waals surface area contributed by atoms with Gasteiger partial charge in [0.1, 0.15) is 0 Å². The Kier molecular flexibility index (Phi) is 9.61. The van der Waals surface area contributed by atoms with Crippen molar-refractivity contribution in [2.45, 2.75) is 58.0 Å². The number of hydrogen-bond donors (Lipinski definition) is 3. The molecule has 3 N–H and O–H groups in total. The summed E-state index contributed by atoms with van der Waals surface area (Å²) < 4.78 is 0. The molecule has 6 heteroatoms. The van der Waals surface area contributed by atoms with Gasteiger partial charge in [-0.15, -0.1) is 12.4 Å². The molecule has 1 fully saturated rings. The number of carbonyl (C=O) groups is 2. The first kappa shape index (κ1) is 18.2. The molecule has 0 aromatic carbocycles. The summed E-state index contributed by atoms with van der Waals surface area (Å²) in [6.07, 6.45) is 3.63. The van der Waals surface area contributed by atoms with E-state index in [4.69, 9.17) is 0 Å². The van der Waals surface area contributed by atoms with Gasteiger partial charge in [0.25, 0.3) is 0 Å². The molecule has 1 rings (SSSR count). The predicted molar refractivity (Wildman–Crippen MR) is 78.4 cm³/mol. The van der Waals surface area contributed by atoms with Crippen LogP contribution in [0.1, 0.15) is 46.0 Å². The standard InChI is InChI=1S/C13H25N3O2.ClH/c1-10(2)15-12(17)6-3-7-13(18)16-11-5-4-8-14-9-11;/h10-11,14H,3-9H2,1-2H3,(H,15,17)(H,16,18);1H. The van der Waals surface area contributed by atoms with E-state index in [9.17, 15) is 9.59 Å². The first-order valence-electron chi connectivity index (χ1n) is 6.87. The van der Waals surface area contributed by atoms with Crippen LogP contribution < -0.4 is 16.0 Å². The molecule has 0 spiro atoms. The molecule has 1 saturated heterocycles. The average Bonchev–Trinajstić information content (AvgIpc) is 2.29. The van der Waals surface area contributed by atoms with Crippen LogP contribution in [0.4, 0.5) is 0 Å². The van der Waals surface area contributed by atoms with Crippen LogP contribution in [0.2, 0.25) is 0 Å². The van der Waals surface area contributed by atoms with Gasteiger partial charge in [0, 0.05) is 31.5 Å². The Morgan fingerprint density at radius 3 is 2.53 bits per heavy atom. The summed E-state index contributed by atoms with van der Waals surface area (Å²) in [7, 11) is 0. The summed E-state index contributed by atoms with van der Waals surface area (Å²) >= 11 is 0. The van der Waals surface area contributed by atoms with Gasteiger partial charge in [-0.2, -0.15) is 0 Å². The molecule has 2 amide bonds. The number of carbonyl (C=O) groups excluding carboxylic acids is 2. The molecule has 0 radical (unpaired) electrons. The van der Waals surface area contributed by atoms with E-state index in [0.717, 1.165) is 25.9 Å². The lowest BCUT2D eigenvalue weighted by atomic mass is 10.1. The van der Waals surface area contributed by atoms with Crippen molar-refractivity contribution in [1.82, 2.24) is 16.0 Å². The fraction of sp³-hybridized carbons (Fsp3) is 0.846. The Labute approximate surface area is 121 Å². The summed E-state index contributed by atoms with van der Waals surface area (Å²) in [5, 5.41) is 9.07. The highest BCUT2D eigenvalue weighted by Gasteiger charge is 2.15. The summed E-state index contributed by atoms with van der Waals surface area (Å²) in [4.78, 5) is 23.0. The van der Waals surface area contributed by atoms with Gasteiger partial charge in [-0.05, 0) is 39.7 Å². The quantitative estimate of drug-likeness (QED) is 0.683. The van der Waals surface area contributed by atoms with Crippen molar-refractivity contribution >= 4 is 24.2 Å². The van der Waals surface area contributed by atoms with Crippen LogP contribution in [-0.4, -0.2) is 37.0 Å². The average molecular weight is 292 g/mol. The Bertz CT molecular complexity index is 279. The van der Waals surface area contributed by atoms with Crippen molar-refractivity contribution in [3.8, 4) is 0 Å². The largest absolute Gasteiger partial charge is 0.354 e. The van der Waals surface area contributed by atoms with E-state index in [1.165, 1.54) is 0 Å². The van der Waals surface area contributed by atoms with Crippen LogP contribution in [0.3, 0.4) is 0 Å². The highest BCUT2D eigenvalue weighted by atomic mass is 35.5. The molecular formula is C13H26ClN3O2. The van der Waals surface area contributed by atoms with Crippen molar-refractivity contribution in [1.29, 1.82) is 0 Å². The monoisotopic (exact) mass is 291 g/mol. The van der Waals surface area contributed by atoms with Crippen LogP contribution in [0.5, 0.6) is 0 Å². The molecule has 0 aromatic rings. The first-order valence-corrected chi connectivity index (χ1v) is 6.87. The Hall–Kier alpha value is -0.810. The molecule has 0 aliphatic carbocycles. The minimum absolute atomic E-state index is 0. The number of rotatable bonds is 6. The third kappa shape index (κ3) is 8.83. The summed E-state index contributed by atoms with van der Waals surface area (Å²) in [5.74, 6) is 0.0816. The van der Waals surface area contributed by atoms with Gasteiger partial charge in [0.15, 0.2) is 0 Å². The third-order valence-corrected chi connectivity index (χ3v) is 2.92. The number of amides is 2. The van der Waals surface area contributed by atoms with Gasteiger partial charge in [-0.25, -0.2) is 0 Å². The van der Waals surface area contributed by atoms with E-state index in [1.807, 2.05) is 13.8 Å². The van der Waals surface area contributed by atoms with Gasteiger partial charge in [-0.3, -0.25) is 9.59 Å². The third-order valence-electron chi connectivity index (χ3n) is 2.92. The molecule has 5 nitrogen and oxygen atoms in total. The van der Waals surface area contributed by atoms with Crippen LogP contribution in [-0.2, 0) is 9.59 Å². The van der Waals surface area contributed by atoms with Gasteiger partial charge in [0.2, 0.25) is 11.8 Å². The Morgan fingerprint density at radius 1 is 1.26 bits per heavy atom. The van der Waals surface area contributed by atoms with Gasteiger partial charge < -0.3 is 16.0 Å². The lowest BCUT2D eigenvalue weighted by molar-refractivity contribution is -0.123. The summed E-state index contributed by atoms with van der Waals surface area (Å²) in [6.45, 7) is 5.77. The second-order valence-electron chi connectivity index (χ2n) is 5.19. The number of nitrogens with one attached hydrogen (secondary N) is 3. The molecule has 0 saturated carbocycles. The van der Waals surface area contributed by atoms with Gasteiger partial charge in [0.05, 0.1) is 0 Å². The normalized spacial score (nSPS) is 18.6. The number of piperidine rings is 1. The maximum absolute atomic E-state index is 11.6.